The summed E-state index contributed by atoms with van der Waals surface area (Å²) in [4.78, 5) is 23.8. The van der Waals surface area contributed by atoms with Crippen molar-refractivity contribution in [3.05, 3.63) is 59.7 Å². The Kier molecular flexibility index (Phi) is 5.07. The van der Waals surface area contributed by atoms with E-state index in [1.165, 1.54) is 11.6 Å². The lowest BCUT2D eigenvalue weighted by molar-refractivity contribution is -0.122. The zero-order chi connectivity index (χ0) is 18.7. The van der Waals surface area contributed by atoms with Gasteiger partial charge in [0.1, 0.15) is 5.75 Å². The summed E-state index contributed by atoms with van der Waals surface area (Å²) in [6.45, 7) is 5.97. The normalized spacial score (nSPS) is 16.2. The molecular weight excluding hydrogens is 328 g/mol. The Morgan fingerprint density at radius 1 is 1.19 bits per heavy atom. The molecule has 2 amide bonds. The first-order chi connectivity index (χ1) is 12.4. The molecule has 2 aromatic rings. The Morgan fingerprint density at radius 3 is 2.62 bits per heavy atom. The van der Waals surface area contributed by atoms with E-state index in [1.807, 2.05) is 12.1 Å². The van der Waals surface area contributed by atoms with E-state index >= 15 is 0 Å². The van der Waals surface area contributed by atoms with Gasteiger partial charge in [-0.25, -0.2) is 0 Å². The van der Waals surface area contributed by atoms with Crippen molar-refractivity contribution in [1.29, 1.82) is 0 Å². The fraction of sp³-hybridized carbons (Fsp3) is 0.238. The zero-order valence-electron chi connectivity index (χ0n) is 15.1. The van der Waals surface area contributed by atoms with Gasteiger partial charge in [0, 0.05) is 11.8 Å². The number of benzene rings is 2. The van der Waals surface area contributed by atoms with E-state index in [1.54, 1.807) is 31.2 Å². The summed E-state index contributed by atoms with van der Waals surface area (Å²) in [5.41, 5.74) is 3.37. The second kappa shape index (κ2) is 7.44. The summed E-state index contributed by atoms with van der Waals surface area (Å²) in [6.07, 6.45) is 2.73. The maximum atomic E-state index is 12.1. The highest BCUT2D eigenvalue weighted by Crippen LogP contribution is 2.32. The lowest BCUT2D eigenvalue weighted by Crippen LogP contribution is -2.34. The number of nitrogens with one attached hydrogen (secondary N) is 2. The van der Waals surface area contributed by atoms with E-state index in [0.717, 1.165) is 5.56 Å². The van der Waals surface area contributed by atoms with Crippen molar-refractivity contribution in [3.8, 4) is 5.75 Å². The third-order valence-corrected chi connectivity index (χ3v) is 4.21. The van der Waals surface area contributed by atoms with Gasteiger partial charge in [-0.3, -0.25) is 9.59 Å². The van der Waals surface area contributed by atoms with Crippen LogP contribution >= 0.6 is 0 Å². The molecule has 0 radical (unpaired) electrons. The Hall–Kier alpha value is -3.08. The number of fused-ring (bicyclic) bond motifs is 1. The summed E-state index contributed by atoms with van der Waals surface area (Å²) >= 11 is 0. The highest BCUT2D eigenvalue weighted by Gasteiger charge is 2.23. The molecule has 0 aromatic heterocycles. The summed E-state index contributed by atoms with van der Waals surface area (Å²) in [5, 5.41) is 5.55. The SMILES string of the molecule is CC(C)c1ccc(/C=C/C(=O)Nc2ccc3c(c2)NC(=O)[C@@H](C)O3)cc1. The summed E-state index contributed by atoms with van der Waals surface area (Å²) in [5.74, 6) is 0.628. The number of carbonyl (C=O) groups excluding carboxylic acids is 2. The van der Waals surface area contributed by atoms with Crippen LogP contribution < -0.4 is 15.4 Å². The molecule has 2 N–H and O–H groups in total. The molecule has 0 saturated carbocycles. The van der Waals surface area contributed by atoms with Crippen LogP contribution in [0.2, 0.25) is 0 Å². The van der Waals surface area contributed by atoms with Gasteiger partial charge in [0.15, 0.2) is 6.10 Å². The first-order valence-corrected chi connectivity index (χ1v) is 8.63. The molecule has 0 unspecified atom stereocenters. The molecule has 1 heterocycles. The van der Waals surface area contributed by atoms with Crippen LogP contribution in [-0.4, -0.2) is 17.9 Å². The van der Waals surface area contributed by atoms with E-state index in [2.05, 4.69) is 36.6 Å². The topological polar surface area (TPSA) is 67.4 Å². The van der Waals surface area contributed by atoms with Gasteiger partial charge in [0.05, 0.1) is 5.69 Å². The van der Waals surface area contributed by atoms with Crippen molar-refractivity contribution in [2.75, 3.05) is 10.6 Å². The van der Waals surface area contributed by atoms with Crippen LogP contribution in [0.15, 0.2) is 48.5 Å². The molecule has 134 valence electrons. The van der Waals surface area contributed by atoms with Crippen LogP contribution in [0, 0.1) is 0 Å². The molecule has 3 rings (SSSR count). The number of hydrogen-bond donors (Lipinski definition) is 2. The van der Waals surface area contributed by atoms with E-state index in [9.17, 15) is 9.59 Å². The average molecular weight is 350 g/mol. The fourth-order valence-corrected chi connectivity index (χ4v) is 2.63. The van der Waals surface area contributed by atoms with Crippen molar-refractivity contribution in [2.24, 2.45) is 0 Å². The molecule has 0 aliphatic carbocycles. The monoisotopic (exact) mass is 350 g/mol. The molecule has 26 heavy (non-hydrogen) atoms. The van der Waals surface area contributed by atoms with Crippen LogP contribution in [0.4, 0.5) is 11.4 Å². The fourth-order valence-electron chi connectivity index (χ4n) is 2.63. The minimum Gasteiger partial charge on any atom is -0.479 e. The second-order valence-corrected chi connectivity index (χ2v) is 6.60. The Bertz CT molecular complexity index is 854. The van der Waals surface area contributed by atoms with E-state index < -0.39 is 6.10 Å². The Morgan fingerprint density at radius 2 is 1.92 bits per heavy atom. The van der Waals surface area contributed by atoms with Gasteiger partial charge in [0.2, 0.25) is 5.91 Å². The van der Waals surface area contributed by atoms with Crippen molar-refractivity contribution >= 4 is 29.3 Å². The Balaban J connectivity index is 1.65. The molecular formula is C21H22N2O3. The van der Waals surface area contributed by atoms with Crippen LogP contribution in [0.1, 0.15) is 37.8 Å². The van der Waals surface area contributed by atoms with E-state index in [4.69, 9.17) is 4.74 Å². The van der Waals surface area contributed by atoms with Gasteiger partial charge in [-0.2, -0.15) is 0 Å². The molecule has 0 spiro atoms. The van der Waals surface area contributed by atoms with Crippen LogP contribution in [0.3, 0.4) is 0 Å². The first kappa shape index (κ1) is 17.7. The molecule has 5 nitrogen and oxygen atoms in total. The summed E-state index contributed by atoms with van der Waals surface area (Å²) < 4.78 is 5.50. The molecule has 0 saturated heterocycles. The molecule has 0 bridgehead atoms. The summed E-state index contributed by atoms with van der Waals surface area (Å²) in [7, 11) is 0. The van der Waals surface area contributed by atoms with E-state index in [0.29, 0.717) is 23.0 Å². The predicted octanol–water partition coefficient (Wildman–Crippen LogP) is 4.18. The lowest BCUT2D eigenvalue weighted by atomic mass is 10.0. The Labute approximate surface area is 153 Å². The molecule has 2 aromatic carbocycles. The van der Waals surface area contributed by atoms with Crippen molar-refractivity contribution in [1.82, 2.24) is 0 Å². The average Bonchev–Trinajstić information content (AvgIpc) is 2.61. The standard InChI is InChI=1S/C21H22N2O3/c1-13(2)16-7-4-15(5-8-16)6-11-20(24)22-17-9-10-19-18(12-17)23-21(25)14(3)26-19/h4-14H,1-3H3,(H,22,24)(H,23,25)/b11-6+/t14-/m1/s1. The number of amides is 2. The number of rotatable bonds is 4. The molecule has 1 atom stereocenters. The maximum Gasteiger partial charge on any atom is 0.265 e. The van der Waals surface area contributed by atoms with Crippen molar-refractivity contribution < 1.29 is 14.3 Å². The van der Waals surface area contributed by atoms with Crippen LogP contribution in [0.5, 0.6) is 5.75 Å². The van der Waals surface area contributed by atoms with Gasteiger partial charge >= 0.3 is 0 Å². The molecule has 0 fully saturated rings. The minimum absolute atomic E-state index is 0.203. The van der Waals surface area contributed by atoms with Crippen molar-refractivity contribution in [2.45, 2.75) is 32.8 Å². The minimum atomic E-state index is -0.520. The number of ether oxygens (including phenoxy) is 1. The highest BCUT2D eigenvalue weighted by molar-refractivity contribution is 6.03. The molecule has 5 heteroatoms. The number of carbonyl (C=O) groups is 2. The molecule has 1 aliphatic rings. The van der Waals surface area contributed by atoms with Crippen molar-refractivity contribution in [3.63, 3.8) is 0 Å². The predicted molar refractivity (Wildman–Crippen MR) is 103 cm³/mol. The third kappa shape index (κ3) is 4.11. The van der Waals surface area contributed by atoms with Gasteiger partial charge < -0.3 is 15.4 Å². The van der Waals surface area contributed by atoms with Crippen LogP contribution in [-0.2, 0) is 9.59 Å². The zero-order valence-corrected chi connectivity index (χ0v) is 15.1. The second-order valence-electron chi connectivity index (χ2n) is 6.60. The van der Waals surface area contributed by atoms with E-state index in [-0.39, 0.29) is 11.8 Å². The van der Waals surface area contributed by atoms with Gasteiger partial charge in [0.25, 0.3) is 5.91 Å². The highest BCUT2D eigenvalue weighted by atomic mass is 16.5. The third-order valence-electron chi connectivity index (χ3n) is 4.21. The van der Waals surface area contributed by atoms with Gasteiger partial charge in [-0.15, -0.1) is 0 Å². The quantitative estimate of drug-likeness (QED) is 0.813. The number of anilines is 2. The number of hydrogen-bond acceptors (Lipinski definition) is 3. The summed E-state index contributed by atoms with van der Waals surface area (Å²) in [6, 6.07) is 13.3. The lowest BCUT2D eigenvalue weighted by Gasteiger charge is -2.23. The maximum absolute atomic E-state index is 12.1. The molecule has 1 aliphatic heterocycles. The smallest absolute Gasteiger partial charge is 0.265 e. The largest absolute Gasteiger partial charge is 0.479 e. The van der Waals surface area contributed by atoms with Gasteiger partial charge in [-0.1, -0.05) is 38.1 Å². The van der Waals surface area contributed by atoms with Gasteiger partial charge in [-0.05, 0) is 48.2 Å². The van der Waals surface area contributed by atoms with Crippen LogP contribution in [0.25, 0.3) is 6.08 Å². The first-order valence-electron chi connectivity index (χ1n) is 8.63.